The van der Waals surface area contributed by atoms with Gasteiger partial charge in [-0.05, 0) is 24.6 Å². The van der Waals surface area contributed by atoms with Gasteiger partial charge in [0.25, 0.3) is 0 Å². The van der Waals surface area contributed by atoms with Crippen molar-refractivity contribution >= 4 is 5.69 Å². The monoisotopic (exact) mass is 338 g/mol. The third kappa shape index (κ3) is 2.60. The van der Waals surface area contributed by atoms with Gasteiger partial charge in [0.2, 0.25) is 0 Å². The molecule has 0 atom stereocenters. The molecule has 0 saturated carbocycles. The molecule has 0 aliphatic carbocycles. The van der Waals surface area contributed by atoms with Crippen LogP contribution >= 0.6 is 0 Å². The minimum atomic E-state index is 0.661. The molecule has 0 radical (unpaired) electrons. The van der Waals surface area contributed by atoms with E-state index in [1.54, 1.807) is 6.20 Å². The van der Waals surface area contributed by atoms with Crippen LogP contribution in [0.5, 0.6) is 0 Å². The third-order valence-electron chi connectivity index (χ3n) is 4.59. The lowest BCUT2D eigenvalue weighted by Crippen LogP contribution is -1.99. The molecule has 0 aliphatic rings. The number of rotatable bonds is 3. The zero-order valence-corrected chi connectivity index (χ0v) is 14.7. The molecule has 2 heterocycles. The maximum atomic E-state index is 7.37. The summed E-state index contributed by atoms with van der Waals surface area (Å²) in [7, 11) is 2.05. The molecule has 4 nitrogen and oxygen atoms in total. The van der Waals surface area contributed by atoms with E-state index in [4.69, 9.17) is 6.57 Å². The van der Waals surface area contributed by atoms with E-state index < -0.39 is 0 Å². The van der Waals surface area contributed by atoms with E-state index in [9.17, 15) is 0 Å². The van der Waals surface area contributed by atoms with E-state index in [1.807, 2.05) is 56.6 Å². The second kappa shape index (κ2) is 6.38. The Labute approximate surface area is 152 Å². The van der Waals surface area contributed by atoms with Gasteiger partial charge in [-0.3, -0.25) is 4.57 Å². The van der Waals surface area contributed by atoms with Gasteiger partial charge in [-0.2, -0.15) is 0 Å². The number of hydrogen-bond donors (Lipinski definition) is 0. The lowest BCUT2D eigenvalue weighted by atomic mass is 10.1. The smallest absolute Gasteiger partial charge is 0.190 e. The highest BCUT2D eigenvalue weighted by Crippen LogP contribution is 2.32. The molecule has 0 aliphatic heterocycles. The maximum absolute atomic E-state index is 7.37. The first kappa shape index (κ1) is 15.9. The lowest BCUT2D eigenvalue weighted by Gasteiger charge is -2.12. The number of benzene rings is 2. The van der Waals surface area contributed by atoms with E-state index in [1.165, 1.54) is 0 Å². The first-order valence-corrected chi connectivity index (χ1v) is 8.42. The molecular formula is C22H18N4. The summed E-state index contributed by atoms with van der Waals surface area (Å²) in [6, 6.07) is 18.3. The van der Waals surface area contributed by atoms with Gasteiger partial charge in [0.05, 0.1) is 18.0 Å². The van der Waals surface area contributed by atoms with Crippen LogP contribution in [-0.4, -0.2) is 14.1 Å². The molecular weight excluding hydrogens is 320 g/mol. The van der Waals surface area contributed by atoms with Crippen molar-refractivity contribution in [3.8, 4) is 28.3 Å². The number of hydrogen-bond acceptors (Lipinski definition) is 1. The summed E-state index contributed by atoms with van der Waals surface area (Å²) in [4.78, 5) is 8.18. The zero-order valence-electron chi connectivity index (χ0n) is 14.7. The fourth-order valence-corrected chi connectivity index (χ4v) is 3.24. The Morgan fingerprint density at radius 2 is 1.77 bits per heavy atom. The summed E-state index contributed by atoms with van der Waals surface area (Å²) >= 11 is 0. The van der Waals surface area contributed by atoms with Crippen LogP contribution in [0, 0.1) is 13.5 Å². The molecule has 2 aromatic heterocycles. The molecule has 26 heavy (non-hydrogen) atoms. The standard InChI is InChI=1S/C22H18N4/c1-16-9-10-18(15-19(16)23-2)22-24-12-14-26(22)20-11-13-25(3)21(20)17-7-5-4-6-8-17/h4-15H,1,3H3. The van der Waals surface area contributed by atoms with Crippen molar-refractivity contribution in [1.29, 1.82) is 0 Å². The number of aryl methyl sites for hydroxylation is 2. The summed E-state index contributed by atoms with van der Waals surface area (Å²) in [5, 5.41) is 0. The summed E-state index contributed by atoms with van der Waals surface area (Å²) in [5.41, 5.74) is 5.92. The van der Waals surface area contributed by atoms with Crippen molar-refractivity contribution in [2.45, 2.75) is 6.92 Å². The molecule has 0 unspecified atom stereocenters. The highest BCUT2D eigenvalue weighted by atomic mass is 15.1. The Morgan fingerprint density at radius 1 is 0.962 bits per heavy atom. The average Bonchev–Trinajstić information content (AvgIpc) is 3.29. The van der Waals surface area contributed by atoms with Crippen molar-refractivity contribution < 1.29 is 0 Å². The highest BCUT2D eigenvalue weighted by molar-refractivity contribution is 5.74. The van der Waals surface area contributed by atoms with Crippen LogP contribution in [-0.2, 0) is 7.05 Å². The van der Waals surface area contributed by atoms with E-state index in [0.717, 1.165) is 33.9 Å². The largest absolute Gasteiger partial charge is 0.349 e. The Hall–Kier alpha value is -3.58. The Balaban J connectivity index is 1.89. The average molecular weight is 338 g/mol. The van der Waals surface area contributed by atoms with Crippen LogP contribution in [0.2, 0.25) is 0 Å². The minimum absolute atomic E-state index is 0.661. The fourth-order valence-electron chi connectivity index (χ4n) is 3.24. The lowest BCUT2D eigenvalue weighted by molar-refractivity contribution is 0.929. The van der Waals surface area contributed by atoms with Gasteiger partial charge in [0, 0.05) is 36.8 Å². The zero-order chi connectivity index (χ0) is 18.1. The van der Waals surface area contributed by atoms with Gasteiger partial charge in [-0.1, -0.05) is 42.5 Å². The van der Waals surface area contributed by atoms with Crippen molar-refractivity contribution in [3.63, 3.8) is 0 Å². The summed E-state index contributed by atoms with van der Waals surface area (Å²) in [6.45, 7) is 9.32. The molecule has 126 valence electrons. The Bertz CT molecular complexity index is 1110. The summed E-state index contributed by atoms with van der Waals surface area (Å²) < 4.78 is 4.20. The van der Waals surface area contributed by atoms with Gasteiger partial charge in [0.15, 0.2) is 5.69 Å². The van der Waals surface area contributed by atoms with E-state index in [-0.39, 0.29) is 0 Å². The van der Waals surface area contributed by atoms with Crippen LogP contribution in [0.1, 0.15) is 5.56 Å². The third-order valence-corrected chi connectivity index (χ3v) is 4.59. The predicted octanol–water partition coefficient (Wildman–Crippen LogP) is 5.40. The number of nitrogens with zero attached hydrogens (tertiary/aromatic N) is 4. The van der Waals surface area contributed by atoms with E-state index in [0.29, 0.717) is 5.69 Å². The molecule has 4 aromatic rings. The Kier molecular flexibility index (Phi) is 3.91. The molecule has 2 aromatic carbocycles. The molecule has 4 heteroatoms. The summed E-state index contributed by atoms with van der Waals surface area (Å²) in [6.07, 6.45) is 5.82. The number of aromatic nitrogens is 3. The molecule has 4 rings (SSSR count). The fraction of sp³-hybridized carbons (Fsp3) is 0.0909. The molecule has 0 bridgehead atoms. The van der Waals surface area contributed by atoms with Crippen LogP contribution in [0.15, 0.2) is 73.2 Å². The topological polar surface area (TPSA) is 27.1 Å². The van der Waals surface area contributed by atoms with Gasteiger partial charge >= 0.3 is 0 Å². The van der Waals surface area contributed by atoms with Crippen LogP contribution in [0.3, 0.4) is 0 Å². The first-order chi connectivity index (χ1) is 12.7. The molecule has 0 amide bonds. The van der Waals surface area contributed by atoms with Gasteiger partial charge in [-0.15, -0.1) is 0 Å². The maximum Gasteiger partial charge on any atom is 0.190 e. The van der Waals surface area contributed by atoms with E-state index in [2.05, 4.69) is 43.4 Å². The Morgan fingerprint density at radius 3 is 2.54 bits per heavy atom. The molecule has 0 saturated heterocycles. The minimum Gasteiger partial charge on any atom is -0.349 e. The van der Waals surface area contributed by atoms with Crippen molar-refractivity contribution in [2.75, 3.05) is 0 Å². The normalized spacial score (nSPS) is 10.7. The van der Waals surface area contributed by atoms with Crippen LogP contribution in [0.4, 0.5) is 5.69 Å². The van der Waals surface area contributed by atoms with Gasteiger partial charge in [0.1, 0.15) is 5.82 Å². The van der Waals surface area contributed by atoms with Crippen molar-refractivity contribution in [2.24, 2.45) is 7.05 Å². The predicted molar refractivity (Wildman–Crippen MR) is 104 cm³/mol. The van der Waals surface area contributed by atoms with E-state index >= 15 is 0 Å². The van der Waals surface area contributed by atoms with Gasteiger partial charge in [-0.25, -0.2) is 9.83 Å². The van der Waals surface area contributed by atoms with Crippen molar-refractivity contribution in [3.05, 3.63) is 90.2 Å². The number of imidazole rings is 1. The summed E-state index contributed by atoms with van der Waals surface area (Å²) in [5.74, 6) is 0.832. The van der Waals surface area contributed by atoms with Crippen LogP contribution < -0.4 is 0 Å². The molecule has 0 spiro atoms. The second-order valence-electron chi connectivity index (χ2n) is 6.26. The second-order valence-corrected chi connectivity index (χ2v) is 6.26. The quantitative estimate of drug-likeness (QED) is 0.459. The molecule has 0 N–H and O–H groups in total. The molecule has 0 fully saturated rings. The van der Waals surface area contributed by atoms with Crippen molar-refractivity contribution in [1.82, 2.24) is 14.1 Å². The highest BCUT2D eigenvalue weighted by Gasteiger charge is 2.15. The van der Waals surface area contributed by atoms with Gasteiger partial charge < -0.3 is 4.57 Å². The SMILES string of the molecule is [C-]#[N+]c1cc(-c2nccn2-c2ccn(C)c2-c2ccccc2)ccc1C. The van der Waals surface area contributed by atoms with Crippen LogP contribution in [0.25, 0.3) is 33.2 Å². The first-order valence-electron chi connectivity index (χ1n) is 8.42.